The SMILES string of the molecule is C[SiH](C)OC(Cn1ccc2cc[c]([Bi]([c]3ccc4ccn(CC(O[SiH](C)C)C(C)(C)C)c4c3)[c]3ccc4ccn(CC(O[SiH](C)C)C(C)(C)C)c4c3)cc21)C(C)(C)C. The van der Waals surface area contributed by atoms with Crippen molar-refractivity contribution >= 4 is 91.4 Å². The van der Waals surface area contributed by atoms with Gasteiger partial charge in [-0.2, -0.15) is 0 Å². The zero-order valence-corrected chi connectivity index (χ0v) is 45.2. The van der Waals surface area contributed by atoms with Gasteiger partial charge in [-0.25, -0.2) is 0 Å². The summed E-state index contributed by atoms with van der Waals surface area (Å²) in [5.41, 5.74) is 4.06. The fourth-order valence-corrected chi connectivity index (χ4v) is 20.4. The Bertz CT molecular complexity index is 2050. The molecule has 3 aromatic heterocycles. The first kappa shape index (κ1) is 45.2. The van der Waals surface area contributed by atoms with Crippen molar-refractivity contribution in [2.24, 2.45) is 16.2 Å². The number of hydrogen-bond donors (Lipinski definition) is 0. The second-order valence-corrected chi connectivity index (χ2v) is 36.3. The number of aromatic nitrogens is 3. The van der Waals surface area contributed by atoms with E-state index in [4.69, 9.17) is 13.3 Å². The summed E-state index contributed by atoms with van der Waals surface area (Å²) in [5.74, 6) is 0. The molecule has 6 rings (SSSR count). The quantitative estimate of drug-likeness (QED) is 0.0965. The van der Waals surface area contributed by atoms with E-state index >= 15 is 0 Å². The molecule has 3 atom stereocenters. The molecule has 314 valence electrons. The molecule has 6 aromatic rings. The molecule has 58 heavy (non-hydrogen) atoms. The van der Waals surface area contributed by atoms with Crippen LogP contribution in [0.4, 0.5) is 0 Å². The first-order chi connectivity index (χ1) is 27.1. The van der Waals surface area contributed by atoms with E-state index < -0.39 is 48.9 Å². The third kappa shape index (κ3) is 10.8. The molecule has 0 saturated carbocycles. The van der Waals surface area contributed by atoms with Crippen molar-refractivity contribution in [3.05, 3.63) is 91.4 Å². The van der Waals surface area contributed by atoms with E-state index in [0.29, 0.717) is 0 Å². The average molecular weight is 1030 g/mol. The van der Waals surface area contributed by atoms with Gasteiger partial charge >= 0.3 is 366 Å². The van der Waals surface area contributed by atoms with Crippen molar-refractivity contribution in [1.82, 2.24) is 13.7 Å². The Morgan fingerprint density at radius 1 is 0.431 bits per heavy atom. The molecule has 0 spiro atoms. The van der Waals surface area contributed by atoms with E-state index in [-0.39, 0.29) is 34.6 Å². The van der Waals surface area contributed by atoms with Crippen LogP contribution in [-0.2, 0) is 32.9 Å². The summed E-state index contributed by atoms with van der Waals surface area (Å²) >= 11 is -2.95. The fraction of sp³-hybridized carbons (Fsp3) is 0.500. The second kappa shape index (κ2) is 18.0. The molecule has 0 aliphatic carbocycles. The third-order valence-electron chi connectivity index (χ3n) is 11.3. The minimum atomic E-state index is -2.95. The van der Waals surface area contributed by atoms with Gasteiger partial charge in [0.15, 0.2) is 0 Å². The number of rotatable bonds is 15. The molecule has 10 heteroatoms. The summed E-state index contributed by atoms with van der Waals surface area (Å²) in [7, 11) is -3.70. The summed E-state index contributed by atoms with van der Waals surface area (Å²) < 4.78 is 32.0. The van der Waals surface area contributed by atoms with E-state index in [2.05, 4.69) is 207 Å². The van der Waals surface area contributed by atoms with E-state index in [1.54, 1.807) is 0 Å². The van der Waals surface area contributed by atoms with Crippen molar-refractivity contribution in [2.75, 3.05) is 0 Å². The van der Waals surface area contributed by atoms with Crippen molar-refractivity contribution < 1.29 is 13.3 Å². The predicted octanol–water partition coefficient (Wildman–Crippen LogP) is 9.31. The minimum absolute atomic E-state index is 0.0459. The maximum absolute atomic E-state index is 6.69. The van der Waals surface area contributed by atoms with Gasteiger partial charge in [-0.05, 0) is 0 Å². The Morgan fingerprint density at radius 2 is 0.690 bits per heavy atom. The Balaban J connectivity index is 1.50. The summed E-state index contributed by atoms with van der Waals surface area (Å²) in [5, 5.41) is 3.87. The molecular formula is C48H72BiN3O3Si3. The van der Waals surface area contributed by atoms with Crippen molar-refractivity contribution in [3.8, 4) is 0 Å². The maximum atomic E-state index is 6.69. The molecule has 0 saturated heterocycles. The van der Waals surface area contributed by atoms with Gasteiger partial charge in [0.2, 0.25) is 0 Å². The Hall–Kier alpha value is -2.31. The van der Waals surface area contributed by atoms with Crippen molar-refractivity contribution in [2.45, 2.75) is 140 Å². The Labute approximate surface area is 363 Å². The zero-order valence-electron chi connectivity index (χ0n) is 38.3. The molecule has 0 amide bonds. The normalized spacial score (nSPS) is 14.9. The molecule has 0 N–H and O–H groups in total. The van der Waals surface area contributed by atoms with E-state index in [1.165, 1.54) is 42.5 Å². The molecule has 0 fully saturated rings. The molecule has 0 bridgehead atoms. The first-order valence-electron chi connectivity index (χ1n) is 21.6. The van der Waals surface area contributed by atoms with Gasteiger partial charge < -0.3 is 0 Å². The van der Waals surface area contributed by atoms with E-state index in [9.17, 15) is 0 Å². The number of hydrogen-bond acceptors (Lipinski definition) is 3. The molecular weight excluding hydrogens is 960 g/mol. The fourth-order valence-electron chi connectivity index (χ4n) is 7.94. The summed E-state index contributed by atoms with van der Waals surface area (Å²) in [6, 6.07) is 28.9. The standard InChI is InChI=1S/3C16H24NOSi.Bi/c3*1-16(2,3)15(18-19(4)5)12-17-11-10-13-8-6-7-9-14(13)17;/h3*6,8-11,15,19H,12H2,1-5H3;. The molecule has 0 aliphatic rings. The van der Waals surface area contributed by atoms with Crippen LogP contribution in [-0.4, -0.2) is 80.9 Å². The predicted molar refractivity (Wildman–Crippen MR) is 260 cm³/mol. The van der Waals surface area contributed by atoms with Crippen LogP contribution in [0.2, 0.25) is 39.3 Å². The van der Waals surface area contributed by atoms with Crippen LogP contribution in [0.5, 0.6) is 0 Å². The van der Waals surface area contributed by atoms with Gasteiger partial charge in [-0.1, -0.05) is 0 Å². The molecule has 3 heterocycles. The van der Waals surface area contributed by atoms with Crippen LogP contribution in [0.1, 0.15) is 62.3 Å². The summed E-state index contributed by atoms with van der Waals surface area (Å²) in [6.07, 6.45) is 7.30. The summed E-state index contributed by atoms with van der Waals surface area (Å²) in [4.78, 5) is 0. The van der Waals surface area contributed by atoms with Gasteiger partial charge in [0.05, 0.1) is 0 Å². The number of benzene rings is 3. The first-order valence-corrected chi connectivity index (χ1v) is 35.2. The molecule has 3 unspecified atom stereocenters. The van der Waals surface area contributed by atoms with Gasteiger partial charge in [-0.3, -0.25) is 0 Å². The van der Waals surface area contributed by atoms with Crippen LogP contribution in [0.15, 0.2) is 91.4 Å². The van der Waals surface area contributed by atoms with Gasteiger partial charge in [0, 0.05) is 0 Å². The Kier molecular flexibility index (Phi) is 14.0. The second-order valence-electron chi connectivity index (χ2n) is 20.6. The number of fused-ring (bicyclic) bond motifs is 3. The topological polar surface area (TPSA) is 42.5 Å². The van der Waals surface area contributed by atoms with Crippen LogP contribution in [0.3, 0.4) is 0 Å². The van der Waals surface area contributed by atoms with Gasteiger partial charge in [-0.15, -0.1) is 0 Å². The molecule has 0 radical (unpaired) electrons. The third-order valence-corrected chi connectivity index (χ3v) is 23.2. The van der Waals surface area contributed by atoms with E-state index in [0.717, 1.165) is 19.6 Å². The molecule has 3 aromatic carbocycles. The monoisotopic (exact) mass is 1030 g/mol. The van der Waals surface area contributed by atoms with Crippen LogP contribution < -0.4 is 9.81 Å². The zero-order chi connectivity index (χ0) is 42.3. The van der Waals surface area contributed by atoms with E-state index in [1.807, 2.05) is 0 Å². The average Bonchev–Trinajstić information content (AvgIpc) is 3.82. The van der Waals surface area contributed by atoms with Crippen molar-refractivity contribution in [1.29, 1.82) is 0 Å². The van der Waals surface area contributed by atoms with Gasteiger partial charge in [0.25, 0.3) is 0 Å². The van der Waals surface area contributed by atoms with Crippen LogP contribution in [0, 0.1) is 16.2 Å². The number of nitrogens with zero attached hydrogens (tertiary/aromatic N) is 3. The Morgan fingerprint density at radius 3 is 0.914 bits per heavy atom. The van der Waals surface area contributed by atoms with Crippen molar-refractivity contribution in [3.63, 3.8) is 0 Å². The van der Waals surface area contributed by atoms with Crippen LogP contribution >= 0.6 is 0 Å². The molecule has 0 aliphatic heterocycles. The molecule has 6 nitrogen and oxygen atoms in total. The van der Waals surface area contributed by atoms with Gasteiger partial charge in [0.1, 0.15) is 0 Å². The van der Waals surface area contributed by atoms with Crippen LogP contribution in [0.25, 0.3) is 32.7 Å². The summed E-state index contributed by atoms with van der Waals surface area (Å²) in [6.45, 7) is 37.1.